The molecule has 0 aliphatic carbocycles. The molecule has 2 nitrogen and oxygen atoms in total. The summed E-state index contributed by atoms with van der Waals surface area (Å²) in [5.74, 6) is 0.677. The van der Waals surface area contributed by atoms with E-state index in [-0.39, 0.29) is 0 Å². The van der Waals surface area contributed by atoms with Gasteiger partial charge in [-0.25, -0.2) is 9.97 Å². The number of hydrogen-bond donors (Lipinski definition) is 0. The van der Waals surface area contributed by atoms with Crippen molar-refractivity contribution in [2.24, 2.45) is 0 Å². The average molecular weight is 297 g/mol. The van der Waals surface area contributed by atoms with E-state index < -0.39 is 0 Å². The van der Waals surface area contributed by atoms with Crippen molar-refractivity contribution in [3.8, 4) is 11.4 Å². The van der Waals surface area contributed by atoms with Crippen molar-refractivity contribution in [1.29, 1.82) is 0 Å². The Morgan fingerprint density at radius 2 is 1.75 bits per heavy atom. The van der Waals surface area contributed by atoms with E-state index in [9.17, 15) is 0 Å². The van der Waals surface area contributed by atoms with Gasteiger partial charge in [-0.15, -0.1) is 11.3 Å². The number of benzene rings is 2. The summed E-state index contributed by atoms with van der Waals surface area (Å²) >= 11 is 7.81. The van der Waals surface area contributed by atoms with Crippen molar-refractivity contribution < 1.29 is 0 Å². The standard InChI is InChI=1S/C16H9ClN2S/c17-14-13-7-8-20-16(13)19-15(18-14)12-6-5-10-3-1-2-4-11(10)9-12/h1-9H. The third-order valence-electron chi connectivity index (χ3n) is 3.29. The maximum atomic E-state index is 6.23. The van der Waals surface area contributed by atoms with Crippen molar-refractivity contribution in [3.05, 3.63) is 59.1 Å². The van der Waals surface area contributed by atoms with Crippen LogP contribution >= 0.6 is 22.9 Å². The van der Waals surface area contributed by atoms with Gasteiger partial charge in [-0.2, -0.15) is 0 Å². The quantitative estimate of drug-likeness (QED) is 0.453. The first-order valence-corrected chi connectivity index (χ1v) is 7.47. The number of thiophene rings is 1. The minimum absolute atomic E-state index is 0.513. The van der Waals surface area contributed by atoms with E-state index >= 15 is 0 Å². The van der Waals surface area contributed by atoms with Gasteiger partial charge < -0.3 is 0 Å². The van der Waals surface area contributed by atoms with E-state index in [0.717, 1.165) is 15.8 Å². The van der Waals surface area contributed by atoms with Gasteiger partial charge in [-0.3, -0.25) is 0 Å². The molecule has 0 atom stereocenters. The van der Waals surface area contributed by atoms with Crippen LogP contribution in [0.2, 0.25) is 5.15 Å². The third-order valence-corrected chi connectivity index (χ3v) is 4.38. The lowest BCUT2D eigenvalue weighted by Crippen LogP contribution is -1.89. The molecule has 2 aromatic carbocycles. The second-order valence-corrected chi connectivity index (χ2v) is 5.79. The molecule has 0 bridgehead atoms. The lowest BCUT2D eigenvalue weighted by atomic mass is 10.1. The molecular weight excluding hydrogens is 288 g/mol. The van der Waals surface area contributed by atoms with Crippen LogP contribution in [0.3, 0.4) is 0 Å². The summed E-state index contributed by atoms with van der Waals surface area (Å²) in [6.45, 7) is 0. The Hall–Kier alpha value is -1.97. The molecule has 4 rings (SSSR count). The van der Waals surface area contributed by atoms with Gasteiger partial charge in [0, 0.05) is 10.9 Å². The van der Waals surface area contributed by atoms with E-state index in [4.69, 9.17) is 11.6 Å². The number of hydrogen-bond acceptors (Lipinski definition) is 3. The molecule has 0 radical (unpaired) electrons. The topological polar surface area (TPSA) is 25.8 Å². The molecule has 20 heavy (non-hydrogen) atoms. The van der Waals surface area contributed by atoms with Gasteiger partial charge in [0.25, 0.3) is 0 Å². The molecule has 0 fully saturated rings. The Bertz CT molecular complexity index is 930. The minimum atomic E-state index is 0.513. The molecule has 0 unspecified atom stereocenters. The first kappa shape index (κ1) is 11.8. The Balaban J connectivity index is 1.95. The fourth-order valence-electron chi connectivity index (χ4n) is 2.28. The van der Waals surface area contributed by atoms with Crippen LogP contribution in [0.4, 0.5) is 0 Å². The largest absolute Gasteiger partial charge is 0.217 e. The monoisotopic (exact) mass is 296 g/mol. The Kier molecular flexibility index (Phi) is 2.69. The maximum Gasteiger partial charge on any atom is 0.162 e. The fraction of sp³-hybridized carbons (Fsp3) is 0. The van der Waals surface area contributed by atoms with E-state index in [1.165, 1.54) is 10.8 Å². The first-order valence-electron chi connectivity index (χ1n) is 6.21. The highest BCUT2D eigenvalue weighted by Crippen LogP contribution is 2.29. The van der Waals surface area contributed by atoms with E-state index in [1.54, 1.807) is 11.3 Å². The molecule has 2 heterocycles. The molecule has 2 aromatic heterocycles. The molecular formula is C16H9ClN2S. The summed E-state index contributed by atoms with van der Waals surface area (Å²) in [6.07, 6.45) is 0. The summed E-state index contributed by atoms with van der Waals surface area (Å²) in [4.78, 5) is 9.93. The smallest absolute Gasteiger partial charge is 0.162 e. The third kappa shape index (κ3) is 1.87. The molecule has 0 saturated carbocycles. The van der Waals surface area contributed by atoms with Gasteiger partial charge in [0.15, 0.2) is 5.82 Å². The summed E-state index contributed by atoms with van der Waals surface area (Å²) < 4.78 is 0. The van der Waals surface area contributed by atoms with Gasteiger partial charge >= 0.3 is 0 Å². The normalized spacial score (nSPS) is 11.2. The number of nitrogens with zero attached hydrogens (tertiary/aromatic N) is 2. The zero-order valence-corrected chi connectivity index (χ0v) is 11.9. The highest BCUT2D eigenvalue weighted by molar-refractivity contribution is 7.16. The average Bonchev–Trinajstić information content (AvgIpc) is 2.96. The lowest BCUT2D eigenvalue weighted by Gasteiger charge is -2.04. The van der Waals surface area contributed by atoms with Crippen LogP contribution in [0.15, 0.2) is 53.9 Å². The summed E-state index contributed by atoms with van der Waals surface area (Å²) in [5.41, 5.74) is 0.987. The zero-order valence-electron chi connectivity index (χ0n) is 10.4. The fourth-order valence-corrected chi connectivity index (χ4v) is 3.33. The summed E-state index contributed by atoms with van der Waals surface area (Å²) in [6, 6.07) is 16.4. The predicted molar refractivity (Wildman–Crippen MR) is 85.4 cm³/mol. The number of fused-ring (bicyclic) bond motifs is 2. The van der Waals surface area contributed by atoms with Crippen molar-refractivity contribution in [2.45, 2.75) is 0 Å². The van der Waals surface area contributed by atoms with Gasteiger partial charge in [-0.05, 0) is 28.3 Å². The van der Waals surface area contributed by atoms with Gasteiger partial charge in [0.2, 0.25) is 0 Å². The van der Waals surface area contributed by atoms with Crippen LogP contribution in [0.5, 0.6) is 0 Å². The van der Waals surface area contributed by atoms with E-state index in [0.29, 0.717) is 11.0 Å². The highest BCUT2D eigenvalue weighted by Gasteiger charge is 2.09. The highest BCUT2D eigenvalue weighted by atomic mass is 35.5. The van der Waals surface area contributed by atoms with Crippen LogP contribution in [-0.4, -0.2) is 9.97 Å². The number of aromatic nitrogens is 2. The number of halogens is 1. The second-order valence-electron chi connectivity index (χ2n) is 4.54. The molecule has 4 heteroatoms. The molecule has 0 amide bonds. The van der Waals surface area contributed by atoms with Crippen molar-refractivity contribution in [1.82, 2.24) is 9.97 Å². The molecule has 0 N–H and O–H groups in total. The molecule has 4 aromatic rings. The maximum absolute atomic E-state index is 6.23. The Morgan fingerprint density at radius 1 is 0.900 bits per heavy atom. The van der Waals surface area contributed by atoms with Crippen LogP contribution in [0, 0.1) is 0 Å². The van der Waals surface area contributed by atoms with Crippen LogP contribution in [0.25, 0.3) is 32.4 Å². The molecule has 0 saturated heterocycles. The zero-order chi connectivity index (χ0) is 13.5. The second kappa shape index (κ2) is 4.54. The molecule has 96 valence electrons. The van der Waals surface area contributed by atoms with E-state index in [1.807, 2.05) is 29.6 Å². The molecule has 0 spiro atoms. The Labute approximate surface area is 124 Å². The summed E-state index contributed by atoms with van der Waals surface area (Å²) in [5, 5.41) is 5.80. The lowest BCUT2D eigenvalue weighted by molar-refractivity contribution is 1.24. The van der Waals surface area contributed by atoms with Gasteiger partial charge in [-0.1, -0.05) is 48.0 Å². The van der Waals surface area contributed by atoms with Crippen LogP contribution < -0.4 is 0 Å². The van der Waals surface area contributed by atoms with Gasteiger partial charge in [0.1, 0.15) is 9.98 Å². The predicted octanol–water partition coefficient (Wildman–Crippen LogP) is 5.16. The summed E-state index contributed by atoms with van der Waals surface area (Å²) in [7, 11) is 0. The molecule has 0 aliphatic heterocycles. The SMILES string of the molecule is Clc1nc(-c2ccc3ccccc3c2)nc2sccc12. The minimum Gasteiger partial charge on any atom is -0.217 e. The van der Waals surface area contributed by atoms with Crippen molar-refractivity contribution >= 4 is 43.9 Å². The van der Waals surface area contributed by atoms with Crippen molar-refractivity contribution in [3.63, 3.8) is 0 Å². The van der Waals surface area contributed by atoms with Crippen molar-refractivity contribution in [2.75, 3.05) is 0 Å². The Morgan fingerprint density at radius 3 is 2.65 bits per heavy atom. The van der Waals surface area contributed by atoms with Crippen LogP contribution in [0.1, 0.15) is 0 Å². The van der Waals surface area contributed by atoms with E-state index in [2.05, 4.69) is 34.2 Å². The molecule has 0 aliphatic rings. The first-order chi connectivity index (χ1) is 9.81. The number of rotatable bonds is 1. The van der Waals surface area contributed by atoms with Gasteiger partial charge in [0.05, 0.1) is 0 Å². The van der Waals surface area contributed by atoms with Crippen LogP contribution in [-0.2, 0) is 0 Å².